The number of para-hydroxylation sites is 1. The SMILES string of the molecule is CN(C)c1nc(N[C@H]2CC[C@@H](CNCc3cccc(Oc4ccc(Cl)cc4)c3)CC2)nc2ccccc12. The maximum absolute atomic E-state index is 5.97. The molecule has 1 aromatic heterocycles. The van der Waals surface area contributed by atoms with Gasteiger partial charge in [-0.05, 0) is 92.2 Å². The molecule has 4 aromatic rings. The van der Waals surface area contributed by atoms with Crippen LogP contribution in [0.15, 0.2) is 72.8 Å². The van der Waals surface area contributed by atoms with E-state index in [4.69, 9.17) is 26.3 Å². The van der Waals surface area contributed by atoms with Gasteiger partial charge >= 0.3 is 0 Å². The number of halogens is 1. The molecule has 1 aliphatic rings. The minimum absolute atomic E-state index is 0.411. The highest BCUT2D eigenvalue weighted by atomic mass is 35.5. The van der Waals surface area contributed by atoms with Crippen molar-refractivity contribution in [3.05, 3.63) is 83.4 Å². The Morgan fingerprint density at radius 3 is 2.46 bits per heavy atom. The lowest BCUT2D eigenvalue weighted by atomic mass is 9.86. The summed E-state index contributed by atoms with van der Waals surface area (Å²) in [5.74, 6) is 3.98. The summed E-state index contributed by atoms with van der Waals surface area (Å²) in [6, 6.07) is 24.3. The summed E-state index contributed by atoms with van der Waals surface area (Å²) < 4.78 is 5.97. The normalized spacial score (nSPS) is 17.5. The summed E-state index contributed by atoms with van der Waals surface area (Å²) in [7, 11) is 4.05. The molecule has 1 fully saturated rings. The topological polar surface area (TPSA) is 62.3 Å². The number of anilines is 2. The van der Waals surface area contributed by atoms with E-state index in [1.54, 1.807) is 0 Å². The van der Waals surface area contributed by atoms with E-state index in [0.717, 1.165) is 60.1 Å². The van der Waals surface area contributed by atoms with Crippen LogP contribution in [0.25, 0.3) is 10.9 Å². The Kier molecular flexibility index (Phi) is 8.07. The van der Waals surface area contributed by atoms with Crippen LogP contribution in [0.5, 0.6) is 11.5 Å². The van der Waals surface area contributed by atoms with Crippen molar-refractivity contribution in [1.29, 1.82) is 0 Å². The minimum Gasteiger partial charge on any atom is -0.457 e. The maximum Gasteiger partial charge on any atom is 0.225 e. The number of rotatable bonds is 9. The summed E-state index contributed by atoms with van der Waals surface area (Å²) in [6.45, 7) is 1.85. The Bertz CT molecular complexity index is 1320. The van der Waals surface area contributed by atoms with Gasteiger partial charge in [-0.2, -0.15) is 4.98 Å². The summed E-state index contributed by atoms with van der Waals surface area (Å²) in [5.41, 5.74) is 2.19. The van der Waals surface area contributed by atoms with E-state index in [1.165, 1.54) is 18.4 Å². The van der Waals surface area contributed by atoms with Crippen molar-refractivity contribution in [3.63, 3.8) is 0 Å². The average Bonchev–Trinajstić information content (AvgIpc) is 2.91. The van der Waals surface area contributed by atoms with Crippen LogP contribution >= 0.6 is 11.6 Å². The standard InChI is InChI=1S/C30H34ClN5O/c1-36(2)29-27-8-3-4-9-28(27)34-30(35-29)33-24-14-10-21(11-15-24)19-32-20-22-6-5-7-26(18-22)37-25-16-12-23(31)13-17-25/h3-9,12-13,16-18,21,24,32H,10-11,14-15,19-20H2,1-2H3,(H,33,34,35)/t21-,24+. The lowest BCUT2D eigenvalue weighted by Gasteiger charge is -2.29. The first-order chi connectivity index (χ1) is 18.0. The predicted molar refractivity (Wildman–Crippen MR) is 153 cm³/mol. The van der Waals surface area contributed by atoms with Gasteiger partial charge in [0.2, 0.25) is 5.95 Å². The number of ether oxygens (including phenoxy) is 1. The number of hydrogen-bond acceptors (Lipinski definition) is 6. The zero-order chi connectivity index (χ0) is 25.6. The van der Waals surface area contributed by atoms with Crippen LogP contribution in [0.3, 0.4) is 0 Å². The first kappa shape index (κ1) is 25.3. The smallest absolute Gasteiger partial charge is 0.225 e. The molecule has 2 N–H and O–H groups in total. The molecule has 0 amide bonds. The fourth-order valence-electron chi connectivity index (χ4n) is 4.94. The molecule has 3 aromatic carbocycles. The number of benzene rings is 3. The molecule has 6 nitrogen and oxygen atoms in total. The van der Waals surface area contributed by atoms with E-state index in [2.05, 4.69) is 39.8 Å². The van der Waals surface area contributed by atoms with Gasteiger partial charge in [-0.1, -0.05) is 35.9 Å². The molecule has 0 spiro atoms. The van der Waals surface area contributed by atoms with Crippen molar-refractivity contribution < 1.29 is 4.74 Å². The third kappa shape index (κ3) is 6.70. The van der Waals surface area contributed by atoms with Gasteiger partial charge < -0.3 is 20.3 Å². The van der Waals surface area contributed by atoms with Crippen molar-refractivity contribution in [3.8, 4) is 11.5 Å². The Balaban J connectivity index is 1.09. The molecule has 37 heavy (non-hydrogen) atoms. The van der Waals surface area contributed by atoms with Gasteiger partial charge in [0.15, 0.2) is 0 Å². The first-order valence-electron chi connectivity index (χ1n) is 13.0. The molecule has 1 aliphatic carbocycles. The summed E-state index contributed by atoms with van der Waals surface area (Å²) in [5, 5.41) is 9.04. The molecule has 0 bridgehead atoms. The second-order valence-corrected chi connectivity index (χ2v) is 10.4. The molecular weight excluding hydrogens is 482 g/mol. The van der Waals surface area contributed by atoms with Crippen molar-refractivity contribution in [2.24, 2.45) is 5.92 Å². The summed E-state index contributed by atoms with van der Waals surface area (Å²) in [6.07, 6.45) is 4.64. The molecule has 192 valence electrons. The van der Waals surface area contributed by atoms with Crippen LogP contribution in [0, 0.1) is 5.92 Å². The Morgan fingerprint density at radius 1 is 0.892 bits per heavy atom. The lowest BCUT2D eigenvalue weighted by molar-refractivity contribution is 0.323. The summed E-state index contributed by atoms with van der Waals surface area (Å²) in [4.78, 5) is 11.6. The molecule has 7 heteroatoms. The van der Waals surface area contributed by atoms with Crippen LogP contribution in [-0.2, 0) is 6.54 Å². The highest BCUT2D eigenvalue weighted by Crippen LogP contribution is 2.28. The van der Waals surface area contributed by atoms with Gasteiger partial charge in [0.05, 0.1) is 5.52 Å². The lowest BCUT2D eigenvalue weighted by Crippen LogP contribution is -2.31. The van der Waals surface area contributed by atoms with Gasteiger partial charge in [-0.15, -0.1) is 0 Å². The fraction of sp³-hybridized carbons (Fsp3) is 0.333. The van der Waals surface area contributed by atoms with Crippen molar-refractivity contribution in [1.82, 2.24) is 15.3 Å². The van der Waals surface area contributed by atoms with Crippen LogP contribution in [0.2, 0.25) is 5.02 Å². The van der Waals surface area contributed by atoms with Crippen molar-refractivity contribution >= 4 is 34.3 Å². The highest BCUT2D eigenvalue weighted by molar-refractivity contribution is 6.30. The van der Waals surface area contributed by atoms with E-state index in [0.29, 0.717) is 17.0 Å². The first-order valence-corrected chi connectivity index (χ1v) is 13.3. The second kappa shape index (κ2) is 11.8. The van der Waals surface area contributed by atoms with E-state index in [1.807, 2.05) is 62.6 Å². The predicted octanol–water partition coefficient (Wildman–Crippen LogP) is 6.90. The zero-order valence-corrected chi connectivity index (χ0v) is 22.2. The zero-order valence-electron chi connectivity index (χ0n) is 21.5. The average molecular weight is 516 g/mol. The Hall–Kier alpha value is -3.35. The molecule has 1 heterocycles. The molecule has 0 unspecified atom stereocenters. The fourth-order valence-corrected chi connectivity index (χ4v) is 5.06. The van der Waals surface area contributed by atoms with Crippen LogP contribution in [-0.4, -0.2) is 36.6 Å². The molecule has 0 aliphatic heterocycles. The van der Waals surface area contributed by atoms with E-state index in [-0.39, 0.29) is 0 Å². The van der Waals surface area contributed by atoms with E-state index in [9.17, 15) is 0 Å². The van der Waals surface area contributed by atoms with Gasteiger partial charge in [-0.25, -0.2) is 4.98 Å². The second-order valence-electron chi connectivity index (χ2n) is 9.98. The number of nitrogens with one attached hydrogen (secondary N) is 2. The van der Waals surface area contributed by atoms with Crippen molar-refractivity contribution in [2.75, 3.05) is 30.9 Å². The molecule has 1 saturated carbocycles. The molecular formula is C30H34ClN5O. The van der Waals surface area contributed by atoms with Gasteiger partial charge in [0.25, 0.3) is 0 Å². The maximum atomic E-state index is 5.97. The number of nitrogens with zero attached hydrogens (tertiary/aromatic N) is 3. The van der Waals surface area contributed by atoms with Gasteiger partial charge in [0.1, 0.15) is 17.3 Å². The monoisotopic (exact) mass is 515 g/mol. The quantitative estimate of drug-likeness (QED) is 0.253. The molecule has 0 saturated heterocycles. The number of hydrogen-bond donors (Lipinski definition) is 2. The van der Waals surface area contributed by atoms with Crippen LogP contribution in [0.4, 0.5) is 11.8 Å². The summed E-state index contributed by atoms with van der Waals surface area (Å²) >= 11 is 5.97. The van der Waals surface area contributed by atoms with Gasteiger partial charge in [0, 0.05) is 37.1 Å². The molecule has 0 atom stereocenters. The Morgan fingerprint density at radius 2 is 1.68 bits per heavy atom. The van der Waals surface area contributed by atoms with Crippen molar-refractivity contribution in [2.45, 2.75) is 38.3 Å². The van der Waals surface area contributed by atoms with Crippen LogP contribution < -0.4 is 20.3 Å². The van der Waals surface area contributed by atoms with E-state index < -0.39 is 0 Å². The molecule has 0 radical (unpaired) electrons. The number of fused-ring (bicyclic) bond motifs is 1. The minimum atomic E-state index is 0.411. The molecule has 5 rings (SSSR count). The van der Waals surface area contributed by atoms with Gasteiger partial charge in [-0.3, -0.25) is 0 Å². The van der Waals surface area contributed by atoms with Crippen LogP contribution in [0.1, 0.15) is 31.2 Å². The Labute approximate surface area is 224 Å². The largest absolute Gasteiger partial charge is 0.457 e. The third-order valence-corrected chi connectivity index (χ3v) is 7.15. The van der Waals surface area contributed by atoms with E-state index >= 15 is 0 Å². The third-order valence-electron chi connectivity index (χ3n) is 6.90. The number of aromatic nitrogens is 2. The highest BCUT2D eigenvalue weighted by Gasteiger charge is 2.22.